The summed E-state index contributed by atoms with van der Waals surface area (Å²) in [5.74, 6) is 1.08. The molecule has 1 aliphatic carbocycles. The van der Waals surface area contributed by atoms with Crippen LogP contribution in [0.1, 0.15) is 24.8 Å². The lowest BCUT2D eigenvalue weighted by Crippen LogP contribution is -2.23. The van der Waals surface area contributed by atoms with E-state index in [0.29, 0.717) is 6.42 Å². The maximum atomic E-state index is 11.2. The van der Waals surface area contributed by atoms with E-state index in [1.54, 1.807) is 11.8 Å². The number of thioether (sulfide) groups is 1. The highest BCUT2D eigenvalue weighted by atomic mass is 32.2. The first-order chi connectivity index (χ1) is 8.25. The summed E-state index contributed by atoms with van der Waals surface area (Å²) in [4.78, 5) is 11.2. The van der Waals surface area contributed by atoms with E-state index in [1.165, 1.54) is 19.3 Å². The molecule has 0 amide bonds. The summed E-state index contributed by atoms with van der Waals surface area (Å²) < 4.78 is 0. The second-order valence-corrected chi connectivity index (χ2v) is 5.88. The van der Waals surface area contributed by atoms with E-state index in [-0.39, 0.29) is 5.25 Å². The molecule has 0 aromatic heterocycles. The van der Waals surface area contributed by atoms with Gasteiger partial charge in [-0.3, -0.25) is 4.79 Å². The van der Waals surface area contributed by atoms with Crippen LogP contribution in [0.2, 0.25) is 0 Å². The molecule has 1 unspecified atom stereocenters. The smallest absolute Gasteiger partial charge is 0.316 e. The number of carbonyl (C=O) groups is 1. The first kappa shape index (κ1) is 12.5. The van der Waals surface area contributed by atoms with Gasteiger partial charge in [0.15, 0.2) is 0 Å². The van der Waals surface area contributed by atoms with E-state index >= 15 is 0 Å². The van der Waals surface area contributed by atoms with E-state index < -0.39 is 5.97 Å². The molecule has 0 saturated heterocycles. The summed E-state index contributed by atoms with van der Waals surface area (Å²) in [6, 6.07) is 9.89. The quantitative estimate of drug-likeness (QED) is 0.842. The van der Waals surface area contributed by atoms with Crippen molar-refractivity contribution in [1.29, 1.82) is 0 Å². The van der Waals surface area contributed by atoms with Gasteiger partial charge in [0.25, 0.3) is 0 Å². The topological polar surface area (TPSA) is 37.3 Å². The Balaban J connectivity index is 1.85. The fourth-order valence-electron chi connectivity index (χ4n) is 1.96. The van der Waals surface area contributed by atoms with E-state index in [2.05, 4.69) is 0 Å². The molecule has 2 nitrogen and oxygen atoms in total. The average molecular weight is 250 g/mol. The minimum Gasteiger partial charge on any atom is -0.480 e. The van der Waals surface area contributed by atoms with Crippen LogP contribution in [0.4, 0.5) is 0 Å². The van der Waals surface area contributed by atoms with Crippen LogP contribution in [-0.2, 0) is 11.2 Å². The van der Waals surface area contributed by atoms with E-state index in [0.717, 1.165) is 17.2 Å². The van der Waals surface area contributed by atoms with Crippen LogP contribution in [0.5, 0.6) is 0 Å². The van der Waals surface area contributed by atoms with E-state index in [4.69, 9.17) is 0 Å². The second kappa shape index (κ2) is 6.10. The van der Waals surface area contributed by atoms with Gasteiger partial charge in [-0.1, -0.05) is 36.8 Å². The van der Waals surface area contributed by atoms with Gasteiger partial charge in [-0.05, 0) is 36.5 Å². The molecule has 0 heterocycles. The minimum atomic E-state index is -0.682. The highest BCUT2D eigenvalue weighted by molar-refractivity contribution is 8.00. The predicted molar refractivity (Wildman–Crippen MR) is 71.4 cm³/mol. The molecule has 0 radical (unpaired) electrons. The van der Waals surface area contributed by atoms with Crippen molar-refractivity contribution in [1.82, 2.24) is 0 Å². The Morgan fingerprint density at radius 2 is 2.06 bits per heavy atom. The third-order valence-corrected chi connectivity index (χ3v) is 4.73. The predicted octanol–water partition coefficient (Wildman–Crippen LogP) is 3.22. The molecular weight excluding hydrogens is 232 g/mol. The standard InChI is InChI=1S/C14H18O2S/c15-14(16)13(17-10-12-7-4-8-12)9-11-5-2-1-3-6-11/h1-3,5-6,12-13H,4,7-10H2,(H,15,16). The van der Waals surface area contributed by atoms with Gasteiger partial charge in [-0.25, -0.2) is 0 Å². The molecule has 1 aromatic rings. The molecule has 1 aromatic carbocycles. The molecule has 1 N–H and O–H groups in total. The van der Waals surface area contributed by atoms with Crippen molar-refractivity contribution in [2.45, 2.75) is 30.9 Å². The van der Waals surface area contributed by atoms with Gasteiger partial charge < -0.3 is 5.11 Å². The number of hydrogen-bond acceptors (Lipinski definition) is 2. The number of hydrogen-bond donors (Lipinski definition) is 1. The molecule has 1 atom stereocenters. The second-order valence-electron chi connectivity index (χ2n) is 4.65. The Kier molecular flexibility index (Phi) is 4.49. The zero-order chi connectivity index (χ0) is 12.1. The Labute approximate surface area is 106 Å². The number of benzene rings is 1. The highest BCUT2D eigenvalue weighted by Crippen LogP contribution is 2.31. The largest absolute Gasteiger partial charge is 0.480 e. The molecule has 3 heteroatoms. The van der Waals surface area contributed by atoms with Crippen molar-refractivity contribution in [3.8, 4) is 0 Å². The molecule has 1 aliphatic rings. The van der Waals surface area contributed by atoms with Gasteiger partial charge in [0, 0.05) is 0 Å². The van der Waals surface area contributed by atoms with Crippen LogP contribution < -0.4 is 0 Å². The van der Waals surface area contributed by atoms with Crippen molar-refractivity contribution in [2.75, 3.05) is 5.75 Å². The van der Waals surface area contributed by atoms with Crippen LogP contribution in [0.3, 0.4) is 0 Å². The number of aliphatic carboxylic acids is 1. The van der Waals surface area contributed by atoms with Crippen LogP contribution in [-0.4, -0.2) is 22.1 Å². The number of carboxylic acids is 1. The first-order valence-electron chi connectivity index (χ1n) is 6.14. The molecule has 1 fully saturated rings. The van der Waals surface area contributed by atoms with Crippen LogP contribution in [0.15, 0.2) is 30.3 Å². The normalized spacial score (nSPS) is 17.4. The van der Waals surface area contributed by atoms with Gasteiger partial charge in [-0.2, -0.15) is 0 Å². The van der Waals surface area contributed by atoms with Gasteiger partial charge in [0.1, 0.15) is 5.25 Å². The van der Waals surface area contributed by atoms with Crippen LogP contribution >= 0.6 is 11.8 Å². The van der Waals surface area contributed by atoms with Gasteiger partial charge in [0.05, 0.1) is 0 Å². The van der Waals surface area contributed by atoms with Crippen molar-refractivity contribution < 1.29 is 9.90 Å². The molecule has 1 saturated carbocycles. The van der Waals surface area contributed by atoms with Crippen LogP contribution in [0.25, 0.3) is 0 Å². The highest BCUT2D eigenvalue weighted by Gasteiger charge is 2.23. The minimum absolute atomic E-state index is 0.294. The summed E-state index contributed by atoms with van der Waals surface area (Å²) >= 11 is 1.61. The maximum Gasteiger partial charge on any atom is 0.316 e. The molecule has 92 valence electrons. The molecule has 17 heavy (non-hydrogen) atoms. The summed E-state index contributed by atoms with van der Waals surface area (Å²) in [6.07, 6.45) is 4.52. The Bertz CT molecular complexity index is 360. The van der Waals surface area contributed by atoms with E-state index in [9.17, 15) is 9.90 Å². The maximum absolute atomic E-state index is 11.2. The van der Waals surface area contributed by atoms with Crippen molar-refractivity contribution in [3.05, 3.63) is 35.9 Å². The fourth-order valence-corrected chi connectivity index (χ4v) is 3.25. The monoisotopic (exact) mass is 250 g/mol. The van der Waals surface area contributed by atoms with Crippen LogP contribution in [0, 0.1) is 5.92 Å². The molecule has 0 aliphatic heterocycles. The zero-order valence-corrected chi connectivity index (χ0v) is 10.7. The fraction of sp³-hybridized carbons (Fsp3) is 0.500. The van der Waals surface area contributed by atoms with Crippen molar-refractivity contribution >= 4 is 17.7 Å². The lowest BCUT2D eigenvalue weighted by atomic mass is 9.87. The van der Waals surface area contributed by atoms with Crippen molar-refractivity contribution in [2.24, 2.45) is 5.92 Å². The van der Waals surface area contributed by atoms with Gasteiger partial charge in [0.2, 0.25) is 0 Å². The summed E-state index contributed by atoms with van der Waals surface area (Å²) in [5.41, 5.74) is 1.11. The van der Waals surface area contributed by atoms with Gasteiger partial charge in [-0.15, -0.1) is 11.8 Å². The SMILES string of the molecule is O=C(O)C(Cc1ccccc1)SCC1CCC1. The lowest BCUT2D eigenvalue weighted by molar-refractivity contribution is -0.136. The van der Waals surface area contributed by atoms with Gasteiger partial charge >= 0.3 is 5.97 Å². The molecule has 0 spiro atoms. The summed E-state index contributed by atoms with van der Waals surface area (Å²) in [6.45, 7) is 0. The summed E-state index contributed by atoms with van der Waals surface area (Å²) in [7, 11) is 0. The molecule has 0 bridgehead atoms. The lowest BCUT2D eigenvalue weighted by Gasteiger charge is -2.26. The van der Waals surface area contributed by atoms with E-state index in [1.807, 2.05) is 30.3 Å². The summed E-state index contributed by atoms with van der Waals surface area (Å²) in [5, 5.41) is 8.92. The number of carboxylic acid groups (broad SMARTS) is 1. The molecular formula is C14H18O2S. The Morgan fingerprint density at radius 1 is 1.35 bits per heavy atom. The number of rotatable bonds is 6. The van der Waals surface area contributed by atoms with Crippen molar-refractivity contribution in [3.63, 3.8) is 0 Å². The zero-order valence-electron chi connectivity index (χ0n) is 9.84. The molecule has 2 rings (SSSR count). The third-order valence-electron chi connectivity index (χ3n) is 3.30. The third kappa shape index (κ3) is 3.77. The Morgan fingerprint density at radius 3 is 2.59 bits per heavy atom. The first-order valence-corrected chi connectivity index (χ1v) is 7.19. The average Bonchev–Trinajstić information content (AvgIpc) is 2.26. The Hall–Kier alpha value is -0.960.